The normalized spacial score (nSPS) is 22.6. The van der Waals surface area contributed by atoms with Gasteiger partial charge in [-0.15, -0.1) is 0 Å². The largest absolute Gasteiger partial charge is 0.359 e. The Kier molecular flexibility index (Phi) is 2.50. The molecule has 0 radical (unpaired) electrons. The van der Waals surface area contributed by atoms with E-state index in [-0.39, 0.29) is 5.54 Å². The zero-order valence-corrected chi connectivity index (χ0v) is 9.10. The van der Waals surface area contributed by atoms with Crippen molar-refractivity contribution in [1.82, 2.24) is 10.5 Å². The highest BCUT2D eigenvalue weighted by Crippen LogP contribution is 2.22. The molecule has 0 aliphatic carbocycles. The number of nitrogens with zero attached hydrogens (tertiary/aromatic N) is 2. The van der Waals surface area contributed by atoms with Crippen LogP contribution in [0.15, 0.2) is 21.8 Å². The standard InChI is InChI=1S/C9H13N3OS/c1-9(2)6-14-8(12-9)10-5-7-3-4-11-13-7/h3-4H,5-6H2,1-2H3,(H,10,12). The molecule has 1 fully saturated rings. The second-order valence-corrected chi connectivity index (χ2v) is 4.86. The van der Waals surface area contributed by atoms with Crippen molar-refractivity contribution in [1.29, 1.82) is 0 Å². The van der Waals surface area contributed by atoms with Gasteiger partial charge in [-0.1, -0.05) is 16.9 Å². The molecule has 1 saturated heterocycles. The van der Waals surface area contributed by atoms with Crippen LogP contribution in [0.3, 0.4) is 0 Å². The van der Waals surface area contributed by atoms with Gasteiger partial charge in [0.1, 0.15) is 6.54 Å². The minimum Gasteiger partial charge on any atom is -0.359 e. The van der Waals surface area contributed by atoms with Crippen LogP contribution in [-0.2, 0) is 6.54 Å². The topological polar surface area (TPSA) is 50.4 Å². The van der Waals surface area contributed by atoms with Crippen molar-refractivity contribution >= 4 is 16.9 Å². The van der Waals surface area contributed by atoms with Crippen molar-refractivity contribution in [2.24, 2.45) is 4.99 Å². The summed E-state index contributed by atoms with van der Waals surface area (Å²) in [5, 5.41) is 7.96. The molecule has 0 saturated carbocycles. The summed E-state index contributed by atoms with van der Waals surface area (Å²) in [6.07, 6.45) is 1.63. The van der Waals surface area contributed by atoms with Gasteiger partial charge in [0.2, 0.25) is 0 Å². The lowest BCUT2D eigenvalue weighted by Gasteiger charge is -2.15. The van der Waals surface area contributed by atoms with Crippen LogP contribution >= 0.6 is 11.8 Å². The van der Waals surface area contributed by atoms with Crippen LogP contribution in [0.2, 0.25) is 0 Å². The number of thioether (sulfide) groups is 1. The minimum absolute atomic E-state index is 0.158. The summed E-state index contributed by atoms with van der Waals surface area (Å²) < 4.78 is 4.95. The summed E-state index contributed by atoms with van der Waals surface area (Å²) in [4.78, 5) is 4.40. The van der Waals surface area contributed by atoms with E-state index >= 15 is 0 Å². The molecule has 0 unspecified atom stereocenters. The Morgan fingerprint density at radius 2 is 2.57 bits per heavy atom. The summed E-state index contributed by atoms with van der Waals surface area (Å²) in [7, 11) is 0. The predicted octanol–water partition coefficient (Wildman–Crippen LogP) is 1.65. The van der Waals surface area contributed by atoms with Gasteiger partial charge in [0, 0.05) is 17.4 Å². The first kappa shape index (κ1) is 9.58. The van der Waals surface area contributed by atoms with Crippen molar-refractivity contribution < 1.29 is 4.52 Å². The lowest BCUT2D eigenvalue weighted by atomic mass is 10.1. The second-order valence-electron chi connectivity index (χ2n) is 3.90. The van der Waals surface area contributed by atoms with Crippen molar-refractivity contribution in [3.8, 4) is 0 Å². The Morgan fingerprint density at radius 1 is 1.71 bits per heavy atom. The smallest absolute Gasteiger partial charge is 0.158 e. The summed E-state index contributed by atoms with van der Waals surface area (Å²) in [5.41, 5.74) is 0.158. The highest BCUT2D eigenvalue weighted by atomic mass is 32.2. The number of rotatable bonds is 2. The van der Waals surface area contributed by atoms with E-state index in [1.165, 1.54) is 0 Å². The molecule has 0 amide bonds. The molecule has 1 aromatic rings. The van der Waals surface area contributed by atoms with Crippen LogP contribution in [0.4, 0.5) is 0 Å². The first-order valence-corrected chi connectivity index (χ1v) is 5.49. The fraction of sp³-hybridized carbons (Fsp3) is 0.556. The highest BCUT2D eigenvalue weighted by molar-refractivity contribution is 8.14. The molecule has 0 spiro atoms. The zero-order chi connectivity index (χ0) is 10.0. The maximum absolute atomic E-state index is 4.95. The van der Waals surface area contributed by atoms with Crippen LogP contribution in [-0.4, -0.2) is 21.6 Å². The van der Waals surface area contributed by atoms with Gasteiger partial charge in [-0.3, -0.25) is 4.99 Å². The van der Waals surface area contributed by atoms with Crippen molar-refractivity contribution in [2.75, 3.05) is 5.75 Å². The van der Waals surface area contributed by atoms with Gasteiger partial charge in [-0.25, -0.2) is 0 Å². The quantitative estimate of drug-likeness (QED) is 0.808. The monoisotopic (exact) mass is 211 g/mol. The average Bonchev–Trinajstić information content (AvgIpc) is 2.70. The number of aliphatic imine (C=N–C) groups is 1. The van der Waals surface area contributed by atoms with Gasteiger partial charge in [0.15, 0.2) is 10.9 Å². The first-order valence-electron chi connectivity index (χ1n) is 4.51. The van der Waals surface area contributed by atoms with Crippen LogP contribution in [0.1, 0.15) is 19.6 Å². The lowest BCUT2D eigenvalue weighted by Crippen LogP contribution is -2.36. The Hall–Kier alpha value is -0.970. The van der Waals surface area contributed by atoms with Crippen molar-refractivity contribution in [2.45, 2.75) is 25.9 Å². The van der Waals surface area contributed by atoms with Crippen molar-refractivity contribution in [3.05, 3.63) is 18.0 Å². The zero-order valence-electron chi connectivity index (χ0n) is 8.28. The number of nitrogens with one attached hydrogen (secondary N) is 1. The molecule has 0 atom stereocenters. The fourth-order valence-electron chi connectivity index (χ4n) is 1.17. The Labute approximate surface area is 87.1 Å². The number of aromatic nitrogens is 1. The number of amidine groups is 1. The van der Waals surface area contributed by atoms with Crippen molar-refractivity contribution in [3.63, 3.8) is 0 Å². The molecule has 14 heavy (non-hydrogen) atoms. The van der Waals surface area contributed by atoms with E-state index in [0.29, 0.717) is 6.54 Å². The second kappa shape index (κ2) is 3.65. The molecule has 76 valence electrons. The minimum atomic E-state index is 0.158. The summed E-state index contributed by atoms with van der Waals surface area (Å²) in [6.45, 7) is 4.89. The van der Waals surface area contributed by atoms with E-state index in [9.17, 15) is 0 Å². The maximum atomic E-state index is 4.95. The van der Waals surface area contributed by atoms with Crippen LogP contribution in [0, 0.1) is 0 Å². The number of hydrogen-bond donors (Lipinski definition) is 1. The SMILES string of the molecule is CC1(C)CSC(=NCc2ccno2)N1. The molecular weight excluding hydrogens is 198 g/mol. The molecule has 4 nitrogen and oxygen atoms in total. The van der Waals surface area contributed by atoms with E-state index in [1.807, 2.05) is 6.07 Å². The molecular formula is C9H13N3OS. The van der Waals surface area contributed by atoms with E-state index in [0.717, 1.165) is 16.7 Å². The van der Waals surface area contributed by atoms with E-state index in [1.54, 1.807) is 18.0 Å². The van der Waals surface area contributed by atoms with E-state index < -0.39 is 0 Å². The number of hydrogen-bond acceptors (Lipinski definition) is 4. The van der Waals surface area contributed by atoms with Gasteiger partial charge < -0.3 is 9.84 Å². The molecule has 1 aliphatic rings. The van der Waals surface area contributed by atoms with Crippen LogP contribution in [0.25, 0.3) is 0 Å². The Balaban J connectivity index is 1.94. The average molecular weight is 211 g/mol. The summed E-state index contributed by atoms with van der Waals surface area (Å²) >= 11 is 1.75. The molecule has 1 N–H and O–H groups in total. The molecule has 1 aromatic heterocycles. The fourth-order valence-corrected chi connectivity index (χ4v) is 2.24. The van der Waals surface area contributed by atoms with Gasteiger partial charge in [-0.05, 0) is 13.8 Å². The first-order chi connectivity index (χ1) is 6.66. The summed E-state index contributed by atoms with van der Waals surface area (Å²) in [5.74, 6) is 1.85. The maximum Gasteiger partial charge on any atom is 0.158 e. The van der Waals surface area contributed by atoms with Crippen LogP contribution in [0.5, 0.6) is 0 Å². The molecule has 5 heteroatoms. The van der Waals surface area contributed by atoms with Gasteiger partial charge in [-0.2, -0.15) is 0 Å². The van der Waals surface area contributed by atoms with E-state index in [4.69, 9.17) is 4.52 Å². The van der Waals surface area contributed by atoms with Gasteiger partial charge >= 0.3 is 0 Å². The highest BCUT2D eigenvalue weighted by Gasteiger charge is 2.27. The predicted molar refractivity (Wildman–Crippen MR) is 57.3 cm³/mol. The third-order valence-electron chi connectivity index (χ3n) is 1.88. The molecule has 0 bridgehead atoms. The Bertz CT molecular complexity index is 332. The van der Waals surface area contributed by atoms with Gasteiger partial charge in [0.05, 0.1) is 6.20 Å². The van der Waals surface area contributed by atoms with E-state index in [2.05, 4.69) is 29.3 Å². The summed E-state index contributed by atoms with van der Waals surface area (Å²) in [6, 6.07) is 1.83. The molecule has 0 aromatic carbocycles. The molecule has 2 rings (SSSR count). The van der Waals surface area contributed by atoms with Crippen LogP contribution < -0.4 is 5.32 Å². The lowest BCUT2D eigenvalue weighted by molar-refractivity contribution is 0.385. The third kappa shape index (κ3) is 2.29. The Morgan fingerprint density at radius 3 is 3.14 bits per heavy atom. The third-order valence-corrected chi connectivity index (χ3v) is 3.26. The molecule has 2 heterocycles. The van der Waals surface area contributed by atoms with Gasteiger partial charge in [0.25, 0.3) is 0 Å². The molecule has 1 aliphatic heterocycles.